The fourth-order valence-corrected chi connectivity index (χ4v) is 2.87. The summed E-state index contributed by atoms with van der Waals surface area (Å²) in [6.45, 7) is 4.89. The molecule has 0 amide bonds. The molecule has 1 aliphatic heterocycles. The average molecular weight is 305 g/mol. The van der Waals surface area contributed by atoms with E-state index in [-0.39, 0.29) is 5.97 Å². The van der Waals surface area contributed by atoms with Gasteiger partial charge in [0.1, 0.15) is 0 Å². The molecule has 0 atom stereocenters. The summed E-state index contributed by atoms with van der Waals surface area (Å²) in [6, 6.07) is 7.08. The Hall–Kier alpha value is -1.88. The lowest BCUT2D eigenvalue weighted by Gasteiger charge is -2.31. The van der Waals surface area contributed by atoms with Crippen molar-refractivity contribution >= 4 is 11.9 Å². The lowest BCUT2D eigenvalue weighted by atomic mass is 9.93. The molecule has 1 heterocycles. The highest BCUT2D eigenvalue weighted by Crippen LogP contribution is 2.22. The average Bonchev–Trinajstić information content (AvgIpc) is 2.50. The quantitative estimate of drug-likeness (QED) is 0.818. The Morgan fingerprint density at radius 1 is 1.32 bits per heavy atom. The topological polar surface area (TPSA) is 66.8 Å². The molecule has 0 saturated carbocycles. The number of hydrogen-bond acceptors (Lipinski definition) is 4. The lowest BCUT2D eigenvalue weighted by Crippen LogP contribution is -2.34. The van der Waals surface area contributed by atoms with Crippen LogP contribution in [0.25, 0.3) is 0 Å². The Morgan fingerprint density at radius 2 is 2.05 bits per heavy atom. The molecule has 1 N–H and O–H groups in total. The number of carbonyl (C=O) groups excluding carboxylic acids is 1. The van der Waals surface area contributed by atoms with E-state index < -0.39 is 5.97 Å². The van der Waals surface area contributed by atoms with Crippen LogP contribution in [0, 0.1) is 5.92 Å². The zero-order valence-corrected chi connectivity index (χ0v) is 13.0. The molecule has 0 aromatic heterocycles. The Kier molecular flexibility index (Phi) is 5.95. The predicted molar refractivity (Wildman–Crippen MR) is 82.7 cm³/mol. The van der Waals surface area contributed by atoms with Crippen molar-refractivity contribution in [1.29, 1.82) is 0 Å². The Bertz CT molecular complexity index is 521. The minimum Gasteiger partial charge on any atom is -0.478 e. The van der Waals surface area contributed by atoms with Gasteiger partial charge in [-0.1, -0.05) is 12.1 Å². The summed E-state index contributed by atoms with van der Waals surface area (Å²) < 4.78 is 4.99. The van der Waals surface area contributed by atoms with E-state index in [9.17, 15) is 9.59 Å². The zero-order chi connectivity index (χ0) is 15.9. The van der Waals surface area contributed by atoms with Crippen LogP contribution in [-0.4, -0.2) is 41.6 Å². The van der Waals surface area contributed by atoms with Gasteiger partial charge in [-0.15, -0.1) is 0 Å². The molecule has 1 saturated heterocycles. The van der Waals surface area contributed by atoms with Gasteiger partial charge >= 0.3 is 11.9 Å². The summed E-state index contributed by atoms with van der Waals surface area (Å²) in [5, 5.41) is 9.02. The molecule has 1 aromatic rings. The number of hydrogen-bond donors (Lipinski definition) is 1. The van der Waals surface area contributed by atoms with Crippen molar-refractivity contribution in [3.8, 4) is 0 Å². The van der Waals surface area contributed by atoms with Crippen LogP contribution in [0.5, 0.6) is 0 Å². The SMILES string of the molecule is CCOC(=O)CC1CCN(Cc2cccc(C(=O)O)c2)CC1. The van der Waals surface area contributed by atoms with E-state index in [1.165, 1.54) is 0 Å². The third-order valence-corrected chi connectivity index (χ3v) is 4.05. The summed E-state index contributed by atoms with van der Waals surface area (Å²) >= 11 is 0. The number of carbonyl (C=O) groups is 2. The van der Waals surface area contributed by atoms with Crippen molar-refractivity contribution in [2.45, 2.75) is 32.7 Å². The number of ether oxygens (including phenoxy) is 1. The first-order chi connectivity index (χ1) is 10.6. The van der Waals surface area contributed by atoms with E-state index >= 15 is 0 Å². The molecule has 1 aromatic carbocycles. The number of aromatic carboxylic acids is 1. The fraction of sp³-hybridized carbons (Fsp3) is 0.529. The third-order valence-electron chi connectivity index (χ3n) is 4.05. The normalized spacial score (nSPS) is 16.4. The van der Waals surface area contributed by atoms with E-state index in [0.29, 0.717) is 24.5 Å². The maximum absolute atomic E-state index is 11.5. The fourth-order valence-electron chi connectivity index (χ4n) is 2.87. The first kappa shape index (κ1) is 16.5. The van der Waals surface area contributed by atoms with Gasteiger partial charge in [-0.2, -0.15) is 0 Å². The highest BCUT2D eigenvalue weighted by Gasteiger charge is 2.22. The number of likely N-dealkylation sites (tertiary alicyclic amines) is 1. The molecule has 0 bridgehead atoms. The van der Waals surface area contributed by atoms with Gasteiger partial charge in [0.05, 0.1) is 12.2 Å². The summed E-state index contributed by atoms with van der Waals surface area (Å²) in [6.07, 6.45) is 2.48. The second-order valence-corrected chi connectivity index (χ2v) is 5.73. The Balaban J connectivity index is 1.81. The molecule has 2 rings (SSSR count). The van der Waals surface area contributed by atoms with Crippen LogP contribution >= 0.6 is 0 Å². The summed E-state index contributed by atoms with van der Waals surface area (Å²) in [4.78, 5) is 24.8. The largest absolute Gasteiger partial charge is 0.478 e. The van der Waals surface area contributed by atoms with Crippen LogP contribution in [0.4, 0.5) is 0 Å². The van der Waals surface area contributed by atoms with Crippen LogP contribution in [0.15, 0.2) is 24.3 Å². The second kappa shape index (κ2) is 7.94. The van der Waals surface area contributed by atoms with Crippen molar-refractivity contribution in [3.05, 3.63) is 35.4 Å². The first-order valence-corrected chi connectivity index (χ1v) is 7.78. The van der Waals surface area contributed by atoms with Gasteiger partial charge < -0.3 is 9.84 Å². The van der Waals surface area contributed by atoms with Gasteiger partial charge in [0, 0.05) is 13.0 Å². The number of carboxylic acid groups (broad SMARTS) is 1. The van der Waals surface area contributed by atoms with Crippen LogP contribution in [0.1, 0.15) is 42.1 Å². The highest BCUT2D eigenvalue weighted by molar-refractivity contribution is 5.87. The number of benzene rings is 1. The second-order valence-electron chi connectivity index (χ2n) is 5.73. The smallest absolute Gasteiger partial charge is 0.335 e. The van der Waals surface area contributed by atoms with Crippen molar-refractivity contribution in [3.63, 3.8) is 0 Å². The van der Waals surface area contributed by atoms with E-state index in [4.69, 9.17) is 9.84 Å². The standard InChI is InChI=1S/C17H23NO4/c1-2-22-16(19)11-13-6-8-18(9-7-13)12-14-4-3-5-15(10-14)17(20)21/h3-5,10,13H,2,6-9,11-12H2,1H3,(H,20,21). The highest BCUT2D eigenvalue weighted by atomic mass is 16.5. The van der Waals surface area contributed by atoms with E-state index in [2.05, 4.69) is 4.90 Å². The molecule has 120 valence electrons. The zero-order valence-electron chi connectivity index (χ0n) is 13.0. The van der Waals surface area contributed by atoms with Crippen molar-refractivity contribution in [2.75, 3.05) is 19.7 Å². The Labute approximate surface area is 130 Å². The van der Waals surface area contributed by atoms with Crippen LogP contribution in [0.2, 0.25) is 0 Å². The minimum atomic E-state index is -0.894. The van der Waals surface area contributed by atoms with Crippen molar-refractivity contribution in [1.82, 2.24) is 4.90 Å². The maximum Gasteiger partial charge on any atom is 0.335 e. The number of esters is 1. The minimum absolute atomic E-state index is 0.102. The number of carboxylic acids is 1. The molecule has 1 aliphatic rings. The van der Waals surface area contributed by atoms with Gasteiger partial charge in [-0.05, 0) is 56.5 Å². The molecule has 1 fully saturated rings. The number of piperidine rings is 1. The van der Waals surface area contributed by atoms with Gasteiger partial charge in [0.2, 0.25) is 0 Å². The van der Waals surface area contributed by atoms with Crippen molar-refractivity contribution < 1.29 is 19.4 Å². The maximum atomic E-state index is 11.5. The molecule has 0 aliphatic carbocycles. The predicted octanol–water partition coefficient (Wildman–Crippen LogP) is 2.55. The molecule has 5 nitrogen and oxygen atoms in total. The molecule has 22 heavy (non-hydrogen) atoms. The number of rotatable bonds is 6. The monoisotopic (exact) mass is 305 g/mol. The van der Waals surface area contributed by atoms with Crippen LogP contribution in [0.3, 0.4) is 0 Å². The van der Waals surface area contributed by atoms with Crippen LogP contribution < -0.4 is 0 Å². The lowest BCUT2D eigenvalue weighted by molar-refractivity contribution is -0.144. The van der Waals surface area contributed by atoms with Gasteiger partial charge in [0.25, 0.3) is 0 Å². The number of nitrogens with zero attached hydrogens (tertiary/aromatic N) is 1. The first-order valence-electron chi connectivity index (χ1n) is 7.78. The summed E-state index contributed by atoms with van der Waals surface area (Å²) in [5.74, 6) is -0.592. The van der Waals surface area contributed by atoms with E-state index in [1.54, 1.807) is 18.2 Å². The molecular formula is C17H23NO4. The molecule has 0 spiro atoms. The van der Waals surface area contributed by atoms with Gasteiger partial charge in [-0.3, -0.25) is 9.69 Å². The van der Waals surface area contributed by atoms with Gasteiger partial charge in [0.15, 0.2) is 0 Å². The molecule has 0 unspecified atom stereocenters. The molecule has 0 radical (unpaired) electrons. The van der Waals surface area contributed by atoms with Gasteiger partial charge in [-0.25, -0.2) is 4.79 Å². The third kappa shape index (κ3) is 4.84. The molecular weight excluding hydrogens is 282 g/mol. The summed E-state index contributed by atoms with van der Waals surface area (Å²) in [5.41, 5.74) is 1.35. The Morgan fingerprint density at radius 3 is 2.68 bits per heavy atom. The van der Waals surface area contributed by atoms with Crippen LogP contribution in [-0.2, 0) is 16.1 Å². The van der Waals surface area contributed by atoms with E-state index in [0.717, 1.165) is 38.0 Å². The van der Waals surface area contributed by atoms with Crippen molar-refractivity contribution in [2.24, 2.45) is 5.92 Å². The van der Waals surface area contributed by atoms with E-state index in [1.807, 2.05) is 13.0 Å². The molecule has 5 heteroatoms. The summed E-state index contributed by atoms with van der Waals surface area (Å²) in [7, 11) is 0.